The number of ether oxygens (including phenoxy) is 3. The topological polar surface area (TPSA) is 44.8 Å². The van der Waals surface area contributed by atoms with Crippen LogP contribution in [-0.2, 0) is 25.6 Å². The Morgan fingerprint density at radius 1 is 1.10 bits per heavy atom. The van der Waals surface area contributed by atoms with E-state index in [9.17, 15) is 4.79 Å². The lowest BCUT2D eigenvalue weighted by molar-refractivity contribution is -0.145. The van der Waals surface area contributed by atoms with Gasteiger partial charge in [-0.25, -0.2) is 0 Å². The summed E-state index contributed by atoms with van der Waals surface area (Å²) in [6.07, 6.45) is 4.26. The molecule has 1 aromatic rings. The predicted molar refractivity (Wildman–Crippen MR) is 75.0 cm³/mol. The molecule has 0 bridgehead atoms. The molecular formula is C16H22O4. The van der Waals surface area contributed by atoms with Gasteiger partial charge in [-0.3, -0.25) is 4.79 Å². The van der Waals surface area contributed by atoms with Gasteiger partial charge >= 0.3 is 5.97 Å². The minimum absolute atomic E-state index is 0.0277. The van der Waals surface area contributed by atoms with Gasteiger partial charge < -0.3 is 14.2 Å². The zero-order chi connectivity index (χ0) is 14.0. The van der Waals surface area contributed by atoms with Crippen molar-refractivity contribution in [1.29, 1.82) is 0 Å². The van der Waals surface area contributed by atoms with Crippen molar-refractivity contribution >= 4 is 5.97 Å². The molecule has 0 amide bonds. The maximum atomic E-state index is 11.6. The van der Waals surface area contributed by atoms with Gasteiger partial charge in [-0.2, -0.15) is 0 Å². The van der Waals surface area contributed by atoms with Gasteiger partial charge in [0.05, 0.1) is 13.2 Å². The Labute approximate surface area is 120 Å². The van der Waals surface area contributed by atoms with E-state index in [1.807, 2.05) is 30.3 Å². The summed E-state index contributed by atoms with van der Waals surface area (Å²) in [6, 6.07) is 9.74. The third kappa shape index (κ3) is 5.72. The number of unbranched alkanes of at least 4 members (excludes halogenated alkanes) is 2. The van der Waals surface area contributed by atoms with E-state index in [0.29, 0.717) is 26.2 Å². The molecule has 0 aliphatic carbocycles. The van der Waals surface area contributed by atoms with Crippen LogP contribution in [0.5, 0.6) is 0 Å². The Morgan fingerprint density at radius 3 is 2.60 bits per heavy atom. The van der Waals surface area contributed by atoms with Gasteiger partial charge in [-0.15, -0.1) is 0 Å². The van der Waals surface area contributed by atoms with Gasteiger partial charge in [-0.05, 0) is 24.8 Å². The maximum absolute atomic E-state index is 11.6. The Bertz CT molecular complexity index is 385. The van der Waals surface area contributed by atoms with Crippen LogP contribution in [0.25, 0.3) is 0 Å². The van der Waals surface area contributed by atoms with Gasteiger partial charge in [0, 0.05) is 6.42 Å². The monoisotopic (exact) mass is 278 g/mol. The van der Waals surface area contributed by atoms with E-state index in [2.05, 4.69) is 0 Å². The number of hydrogen-bond acceptors (Lipinski definition) is 4. The van der Waals surface area contributed by atoms with Crippen LogP contribution in [0.2, 0.25) is 0 Å². The lowest BCUT2D eigenvalue weighted by Gasteiger charge is -2.08. The number of carbonyl (C=O) groups is 1. The van der Waals surface area contributed by atoms with E-state index in [-0.39, 0.29) is 12.3 Å². The zero-order valence-electron chi connectivity index (χ0n) is 11.8. The van der Waals surface area contributed by atoms with Crippen LogP contribution < -0.4 is 0 Å². The lowest BCUT2D eigenvalue weighted by atomic mass is 10.1. The lowest BCUT2D eigenvalue weighted by Crippen LogP contribution is -2.07. The van der Waals surface area contributed by atoms with E-state index in [1.54, 1.807) is 0 Å². The van der Waals surface area contributed by atoms with E-state index < -0.39 is 0 Å². The fourth-order valence-electron chi connectivity index (χ4n) is 2.14. The zero-order valence-corrected chi connectivity index (χ0v) is 11.8. The maximum Gasteiger partial charge on any atom is 0.306 e. The van der Waals surface area contributed by atoms with E-state index in [1.165, 1.54) is 0 Å². The molecule has 110 valence electrons. The fraction of sp³-hybridized carbons (Fsp3) is 0.562. The molecular weight excluding hydrogens is 256 g/mol. The van der Waals surface area contributed by atoms with Crippen molar-refractivity contribution in [1.82, 2.24) is 0 Å². The van der Waals surface area contributed by atoms with Crippen molar-refractivity contribution < 1.29 is 19.0 Å². The van der Waals surface area contributed by atoms with Crippen LogP contribution in [0.4, 0.5) is 0 Å². The van der Waals surface area contributed by atoms with Gasteiger partial charge in [0.15, 0.2) is 6.29 Å². The first-order chi connectivity index (χ1) is 9.84. The highest BCUT2D eigenvalue weighted by Crippen LogP contribution is 2.13. The second-order valence-corrected chi connectivity index (χ2v) is 4.92. The molecule has 1 heterocycles. The number of rotatable bonds is 8. The molecule has 0 aromatic heterocycles. The molecule has 0 unspecified atom stereocenters. The molecule has 4 nitrogen and oxygen atoms in total. The molecule has 1 aliphatic heterocycles. The van der Waals surface area contributed by atoms with Gasteiger partial charge in [0.25, 0.3) is 0 Å². The van der Waals surface area contributed by atoms with Crippen LogP contribution in [0.15, 0.2) is 30.3 Å². The Morgan fingerprint density at radius 2 is 1.85 bits per heavy atom. The average molecular weight is 278 g/mol. The SMILES string of the molecule is O=C(CCCCCC1OCCO1)OCc1ccccc1. The minimum atomic E-state index is -0.123. The minimum Gasteiger partial charge on any atom is -0.461 e. The third-order valence-electron chi connectivity index (χ3n) is 3.25. The summed E-state index contributed by atoms with van der Waals surface area (Å²) in [5.74, 6) is -0.123. The molecule has 4 heteroatoms. The van der Waals surface area contributed by atoms with Crippen molar-refractivity contribution in [2.24, 2.45) is 0 Å². The van der Waals surface area contributed by atoms with Crippen LogP contribution in [0, 0.1) is 0 Å². The summed E-state index contributed by atoms with van der Waals surface area (Å²) < 4.78 is 15.9. The number of carbonyl (C=O) groups excluding carboxylic acids is 1. The molecule has 20 heavy (non-hydrogen) atoms. The first-order valence-corrected chi connectivity index (χ1v) is 7.27. The highest BCUT2D eigenvalue weighted by Gasteiger charge is 2.14. The number of hydrogen-bond donors (Lipinski definition) is 0. The first kappa shape index (κ1) is 15.0. The molecule has 1 aromatic carbocycles. The third-order valence-corrected chi connectivity index (χ3v) is 3.25. The second kappa shape index (κ2) is 8.72. The smallest absolute Gasteiger partial charge is 0.306 e. The Hall–Kier alpha value is -1.39. The van der Waals surface area contributed by atoms with Crippen molar-refractivity contribution in [3.8, 4) is 0 Å². The Balaban J connectivity index is 1.47. The van der Waals surface area contributed by atoms with Crippen LogP contribution in [0.1, 0.15) is 37.7 Å². The van der Waals surface area contributed by atoms with Crippen molar-refractivity contribution in [3.05, 3.63) is 35.9 Å². The molecule has 1 aliphatic rings. The average Bonchev–Trinajstić information content (AvgIpc) is 2.99. The number of esters is 1. The normalized spacial score (nSPS) is 15.4. The Kier molecular flexibility index (Phi) is 6.54. The van der Waals surface area contributed by atoms with Crippen LogP contribution >= 0.6 is 0 Å². The summed E-state index contributed by atoms with van der Waals surface area (Å²) >= 11 is 0. The highest BCUT2D eigenvalue weighted by molar-refractivity contribution is 5.69. The second-order valence-electron chi connectivity index (χ2n) is 4.92. The van der Waals surface area contributed by atoms with Gasteiger partial charge in [0.1, 0.15) is 6.61 Å². The molecule has 0 spiro atoms. The summed E-state index contributed by atoms with van der Waals surface area (Å²) in [5.41, 5.74) is 1.02. The van der Waals surface area contributed by atoms with Crippen LogP contribution in [-0.4, -0.2) is 25.5 Å². The molecule has 0 N–H and O–H groups in total. The summed E-state index contributed by atoms with van der Waals surface area (Å²) in [6.45, 7) is 1.77. The van der Waals surface area contributed by atoms with Crippen molar-refractivity contribution in [2.45, 2.75) is 45.0 Å². The molecule has 2 rings (SSSR count). The highest BCUT2D eigenvalue weighted by atomic mass is 16.7. The quantitative estimate of drug-likeness (QED) is 0.541. The first-order valence-electron chi connectivity index (χ1n) is 7.27. The van der Waals surface area contributed by atoms with Crippen LogP contribution in [0.3, 0.4) is 0 Å². The van der Waals surface area contributed by atoms with Gasteiger partial charge in [-0.1, -0.05) is 36.8 Å². The summed E-state index contributed by atoms with van der Waals surface area (Å²) in [4.78, 5) is 11.6. The largest absolute Gasteiger partial charge is 0.461 e. The van der Waals surface area contributed by atoms with E-state index in [0.717, 1.165) is 31.2 Å². The molecule has 0 radical (unpaired) electrons. The standard InChI is InChI=1S/C16H22O4/c17-15(20-13-14-7-3-1-4-8-14)9-5-2-6-10-16-18-11-12-19-16/h1,3-4,7-8,16H,2,5-6,9-13H2. The van der Waals surface area contributed by atoms with Crippen molar-refractivity contribution in [3.63, 3.8) is 0 Å². The van der Waals surface area contributed by atoms with E-state index in [4.69, 9.17) is 14.2 Å². The number of benzene rings is 1. The molecule has 1 saturated heterocycles. The van der Waals surface area contributed by atoms with Gasteiger partial charge in [0.2, 0.25) is 0 Å². The summed E-state index contributed by atoms with van der Waals surface area (Å²) in [5, 5.41) is 0. The molecule has 1 fully saturated rings. The van der Waals surface area contributed by atoms with Crippen molar-refractivity contribution in [2.75, 3.05) is 13.2 Å². The molecule has 0 saturated carbocycles. The fourth-order valence-corrected chi connectivity index (χ4v) is 2.14. The predicted octanol–water partition coefficient (Wildman–Crippen LogP) is 3.05. The van der Waals surface area contributed by atoms with E-state index >= 15 is 0 Å². The summed E-state index contributed by atoms with van der Waals surface area (Å²) in [7, 11) is 0. The molecule has 0 atom stereocenters.